The van der Waals surface area contributed by atoms with E-state index in [4.69, 9.17) is 0 Å². The van der Waals surface area contributed by atoms with Crippen LogP contribution in [0, 0.1) is 0 Å². The summed E-state index contributed by atoms with van der Waals surface area (Å²) in [7, 11) is -3.76. The first kappa shape index (κ1) is 16.5. The highest BCUT2D eigenvalue weighted by atomic mass is 32.2. The predicted molar refractivity (Wildman–Crippen MR) is 93.7 cm³/mol. The molecule has 2 aromatic rings. The summed E-state index contributed by atoms with van der Waals surface area (Å²) in [4.78, 5) is 12.2. The molecule has 0 spiro atoms. The molecule has 6 heteroatoms. The maximum Gasteiger partial charge on any atom is 0.264 e. The monoisotopic (exact) mass is 344 g/mol. The number of rotatable bonds is 4. The normalized spacial score (nSPS) is 14.2. The standard InChI is InChI=1S/C18H20N2O3S/c1-13(2)20(15-6-4-3-5-7-15)24(22,23)16-9-8-14-10-11-19-18(21)17(14)12-16/h3-9,12-13H,10-11H2,1-2H3,(H,19,21). The summed E-state index contributed by atoms with van der Waals surface area (Å²) in [6.45, 7) is 4.24. The maximum atomic E-state index is 13.2. The number of hydrogen-bond donors (Lipinski definition) is 1. The number of hydrogen-bond acceptors (Lipinski definition) is 3. The van der Waals surface area contributed by atoms with Crippen LogP contribution in [-0.2, 0) is 16.4 Å². The Hall–Kier alpha value is -2.34. The molecule has 2 aromatic carbocycles. The van der Waals surface area contributed by atoms with E-state index in [-0.39, 0.29) is 16.8 Å². The van der Waals surface area contributed by atoms with E-state index in [1.54, 1.807) is 36.4 Å². The second kappa shape index (κ2) is 6.28. The summed E-state index contributed by atoms with van der Waals surface area (Å²) < 4.78 is 27.7. The Kier molecular flexibility index (Phi) is 4.32. The van der Waals surface area contributed by atoms with Crippen molar-refractivity contribution in [3.8, 4) is 0 Å². The number of sulfonamides is 1. The molecule has 1 aliphatic rings. The first-order valence-corrected chi connectivity index (χ1v) is 9.36. The fourth-order valence-electron chi connectivity index (χ4n) is 2.95. The average molecular weight is 344 g/mol. The summed E-state index contributed by atoms with van der Waals surface area (Å²) in [5, 5.41) is 2.75. The minimum absolute atomic E-state index is 0.135. The zero-order valence-corrected chi connectivity index (χ0v) is 14.5. The third-order valence-electron chi connectivity index (χ3n) is 4.04. The number of carbonyl (C=O) groups is 1. The van der Waals surface area contributed by atoms with Gasteiger partial charge >= 0.3 is 0 Å². The van der Waals surface area contributed by atoms with E-state index in [1.807, 2.05) is 19.9 Å². The second-order valence-corrected chi connectivity index (χ2v) is 7.87. The van der Waals surface area contributed by atoms with E-state index in [9.17, 15) is 13.2 Å². The van der Waals surface area contributed by atoms with E-state index < -0.39 is 10.0 Å². The van der Waals surface area contributed by atoms with Crippen molar-refractivity contribution in [1.29, 1.82) is 0 Å². The van der Waals surface area contributed by atoms with Crippen molar-refractivity contribution in [3.05, 3.63) is 59.7 Å². The Labute approximate surface area is 142 Å². The highest BCUT2D eigenvalue weighted by molar-refractivity contribution is 7.92. The second-order valence-electron chi connectivity index (χ2n) is 6.06. The van der Waals surface area contributed by atoms with Gasteiger partial charge in [0.25, 0.3) is 15.9 Å². The summed E-state index contributed by atoms with van der Waals surface area (Å²) in [6, 6.07) is 13.6. The van der Waals surface area contributed by atoms with Crippen LogP contribution in [0.3, 0.4) is 0 Å². The fourth-order valence-corrected chi connectivity index (χ4v) is 4.64. The van der Waals surface area contributed by atoms with Gasteiger partial charge in [0.15, 0.2) is 0 Å². The molecule has 0 aromatic heterocycles. The van der Waals surface area contributed by atoms with Crippen LogP contribution < -0.4 is 9.62 Å². The van der Waals surface area contributed by atoms with Crippen molar-refractivity contribution < 1.29 is 13.2 Å². The fraction of sp³-hybridized carbons (Fsp3) is 0.278. The van der Waals surface area contributed by atoms with Gasteiger partial charge < -0.3 is 5.32 Å². The summed E-state index contributed by atoms with van der Waals surface area (Å²) in [5.41, 5.74) is 1.93. The van der Waals surface area contributed by atoms with E-state index in [1.165, 1.54) is 10.4 Å². The Balaban J connectivity index is 2.09. The number of nitrogens with zero attached hydrogens (tertiary/aromatic N) is 1. The van der Waals surface area contributed by atoms with Crippen molar-refractivity contribution >= 4 is 21.6 Å². The van der Waals surface area contributed by atoms with Crippen LogP contribution in [0.4, 0.5) is 5.69 Å². The van der Waals surface area contributed by atoms with Crippen LogP contribution in [-0.4, -0.2) is 26.9 Å². The Morgan fingerprint density at radius 2 is 1.79 bits per heavy atom. The lowest BCUT2D eigenvalue weighted by atomic mass is 10.0. The summed E-state index contributed by atoms with van der Waals surface area (Å²) in [6.07, 6.45) is 0.716. The largest absolute Gasteiger partial charge is 0.352 e. The molecule has 1 aliphatic heterocycles. The van der Waals surface area contributed by atoms with Gasteiger partial charge in [0.1, 0.15) is 0 Å². The van der Waals surface area contributed by atoms with E-state index in [0.29, 0.717) is 24.2 Å². The molecule has 0 aliphatic carbocycles. The van der Waals surface area contributed by atoms with E-state index >= 15 is 0 Å². The van der Waals surface area contributed by atoms with Crippen LogP contribution in [0.5, 0.6) is 0 Å². The number of benzene rings is 2. The Morgan fingerprint density at radius 3 is 2.46 bits per heavy atom. The molecule has 24 heavy (non-hydrogen) atoms. The molecular weight excluding hydrogens is 324 g/mol. The number of anilines is 1. The van der Waals surface area contributed by atoms with Crippen molar-refractivity contribution in [1.82, 2.24) is 5.32 Å². The van der Waals surface area contributed by atoms with Crippen LogP contribution in [0.25, 0.3) is 0 Å². The zero-order chi connectivity index (χ0) is 17.3. The van der Waals surface area contributed by atoms with Gasteiger partial charge in [-0.3, -0.25) is 9.10 Å². The first-order valence-electron chi connectivity index (χ1n) is 7.92. The molecule has 0 radical (unpaired) electrons. The first-order chi connectivity index (χ1) is 11.4. The third kappa shape index (κ3) is 2.89. The molecule has 1 amide bonds. The van der Waals surface area contributed by atoms with Crippen molar-refractivity contribution in [2.75, 3.05) is 10.8 Å². The van der Waals surface area contributed by atoms with Gasteiger partial charge in [-0.15, -0.1) is 0 Å². The topological polar surface area (TPSA) is 66.5 Å². The van der Waals surface area contributed by atoms with Gasteiger partial charge in [-0.1, -0.05) is 24.3 Å². The van der Waals surface area contributed by atoms with Crippen LogP contribution in [0.15, 0.2) is 53.4 Å². The van der Waals surface area contributed by atoms with Crippen molar-refractivity contribution in [2.24, 2.45) is 0 Å². The minimum Gasteiger partial charge on any atom is -0.352 e. The average Bonchev–Trinajstić information content (AvgIpc) is 2.55. The third-order valence-corrected chi connectivity index (χ3v) is 6.04. The number of nitrogens with one attached hydrogen (secondary N) is 1. The lowest BCUT2D eigenvalue weighted by Gasteiger charge is -2.28. The van der Waals surface area contributed by atoms with Crippen LogP contribution in [0.2, 0.25) is 0 Å². The molecular formula is C18H20N2O3S. The molecule has 0 saturated carbocycles. The quantitative estimate of drug-likeness (QED) is 0.927. The molecule has 5 nitrogen and oxygen atoms in total. The number of carbonyl (C=O) groups excluding carboxylic acids is 1. The molecule has 0 saturated heterocycles. The zero-order valence-electron chi connectivity index (χ0n) is 13.7. The Bertz CT molecular complexity index is 861. The van der Waals surface area contributed by atoms with Gasteiger partial charge in [-0.25, -0.2) is 8.42 Å². The highest BCUT2D eigenvalue weighted by Gasteiger charge is 2.29. The van der Waals surface area contributed by atoms with Crippen molar-refractivity contribution in [3.63, 3.8) is 0 Å². The van der Waals surface area contributed by atoms with E-state index in [0.717, 1.165) is 5.56 Å². The van der Waals surface area contributed by atoms with Gasteiger partial charge in [0.05, 0.1) is 10.6 Å². The van der Waals surface area contributed by atoms with Crippen LogP contribution >= 0.6 is 0 Å². The summed E-state index contributed by atoms with van der Waals surface area (Å²) >= 11 is 0. The molecule has 0 atom stereocenters. The van der Waals surface area contributed by atoms with Crippen LogP contribution in [0.1, 0.15) is 29.8 Å². The molecule has 1 N–H and O–H groups in total. The highest BCUT2D eigenvalue weighted by Crippen LogP contribution is 2.27. The van der Waals surface area contributed by atoms with Gasteiger partial charge in [-0.2, -0.15) is 0 Å². The van der Waals surface area contributed by atoms with Gasteiger partial charge in [-0.05, 0) is 50.1 Å². The SMILES string of the molecule is CC(C)N(c1ccccc1)S(=O)(=O)c1ccc2c(c1)C(=O)NCC2. The smallest absolute Gasteiger partial charge is 0.264 e. The van der Waals surface area contributed by atoms with E-state index in [2.05, 4.69) is 5.32 Å². The number of para-hydroxylation sites is 1. The number of fused-ring (bicyclic) bond motifs is 1. The molecule has 3 rings (SSSR count). The lowest BCUT2D eigenvalue weighted by Crippen LogP contribution is -2.37. The maximum absolute atomic E-state index is 13.2. The molecule has 0 fully saturated rings. The van der Waals surface area contributed by atoms with Gasteiger partial charge in [0.2, 0.25) is 0 Å². The lowest BCUT2D eigenvalue weighted by molar-refractivity contribution is 0.0945. The predicted octanol–water partition coefficient (Wildman–Crippen LogP) is 2.58. The summed E-state index contributed by atoms with van der Waals surface area (Å²) in [5.74, 6) is -0.218. The molecule has 1 heterocycles. The number of amides is 1. The molecule has 126 valence electrons. The molecule has 0 unspecified atom stereocenters. The Morgan fingerprint density at radius 1 is 1.08 bits per heavy atom. The van der Waals surface area contributed by atoms with Crippen molar-refractivity contribution in [2.45, 2.75) is 31.2 Å². The molecule has 0 bridgehead atoms. The van der Waals surface area contributed by atoms with Gasteiger partial charge in [0, 0.05) is 18.2 Å². The minimum atomic E-state index is -3.76.